The van der Waals surface area contributed by atoms with Crippen molar-refractivity contribution in [3.63, 3.8) is 0 Å². The van der Waals surface area contributed by atoms with E-state index in [2.05, 4.69) is 15.0 Å². The second-order valence-corrected chi connectivity index (χ2v) is 4.01. The van der Waals surface area contributed by atoms with E-state index in [9.17, 15) is 0 Å². The van der Waals surface area contributed by atoms with Crippen molar-refractivity contribution < 1.29 is 9.46 Å². The molecule has 2 heterocycles. The normalized spacial score (nSPS) is 10.6. The van der Waals surface area contributed by atoms with E-state index in [1.54, 1.807) is 11.3 Å². The molecule has 2 aromatic heterocycles. The quantitative estimate of drug-likeness (QED) is 0.663. The topological polar surface area (TPSA) is 78.9 Å². The molecule has 0 amide bonds. The average Bonchev–Trinajstić information content (AvgIpc) is 2.99. The van der Waals surface area contributed by atoms with Gasteiger partial charge >= 0.3 is 0 Å². The summed E-state index contributed by atoms with van der Waals surface area (Å²) in [6.45, 7) is 0. The predicted octanol–water partition coefficient (Wildman–Crippen LogP) is 2.34. The van der Waals surface area contributed by atoms with E-state index in [1.807, 2.05) is 35.2 Å². The number of aromatic nitrogens is 3. The molecule has 0 saturated carbocycles. The maximum atomic E-state index is 8.57. The van der Waals surface area contributed by atoms with Gasteiger partial charge in [-0.2, -0.15) is 0 Å². The third-order valence-electron chi connectivity index (χ3n) is 2.06. The molecule has 1 aromatic carbocycles. The molecule has 3 aromatic rings. The number of benzene rings is 1. The monoisotopic (exact) mass is 267 g/mol. The maximum Gasteiger partial charge on any atom is 0.177 e. The Bertz CT molecular complexity index is 576. The molecule has 3 rings (SSSR count). The molecule has 1 atom stereocenters. The summed E-state index contributed by atoms with van der Waals surface area (Å²) in [7, 11) is -1.50. The molecule has 17 heavy (non-hydrogen) atoms. The van der Waals surface area contributed by atoms with Gasteiger partial charge in [0.1, 0.15) is 5.69 Å². The molecule has 0 saturated heterocycles. The Hall–Kier alpha value is -1.49. The van der Waals surface area contributed by atoms with Gasteiger partial charge in [0.05, 0.1) is 16.5 Å². The van der Waals surface area contributed by atoms with Crippen LogP contribution >= 0.6 is 20.0 Å². The van der Waals surface area contributed by atoms with Gasteiger partial charge in [-0.3, -0.25) is 4.57 Å². The number of rotatable bonds is 1. The molecule has 0 fully saturated rings. The summed E-state index contributed by atoms with van der Waals surface area (Å²) < 4.78 is 8.57. The number of hydrogen-bond acceptors (Lipinski definition) is 4. The highest BCUT2D eigenvalue weighted by atomic mass is 32.1. The summed E-state index contributed by atoms with van der Waals surface area (Å²) in [5, 5.41) is 1.98. The fraction of sp³-hybridized carbons (Fsp3) is 0. The number of fused-ring (bicyclic) bond motifs is 1. The Balaban J connectivity index is 0.000000329. The standard InChI is InChI=1S/C10H7N3S.H3O2P/c1-2-4-8-7(3-1)12-10(13-8)9-5-14-6-11-9;1-3-2/h1-6H,(H,12,13);3H2,(H,1,2). The number of hydrogen-bond donors (Lipinski definition) is 2. The molecule has 1 unspecified atom stereocenters. The van der Waals surface area contributed by atoms with Crippen LogP contribution in [0, 0.1) is 0 Å². The van der Waals surface area contributed by atoms with Crippen LogP contribution in [0.5, 0.6) is 0 Å². The minimum absolute atomic E-state index is 0.840. The molecule has 0 spiro atoms. The molecule has 0 radical (unpaired) electrons. The molecule has 0 aliphatic heterocycles. The number of para-hydroxylation sites is 2. The second-order valence-electron chi connectivity index (χ2n) is 3.08. The van der Waals surface area contributed by atoms with E-state index in [0.29, 0.717) is 0 Å². The van der Waals surface area contributed by atoms with Crippen LogP contribution in [0.25, 0.3) is 22.6 Å². The summed E-state index contributed by atoms with van der Waals surface area (Å²) in [6.07, 6.45) is 0. The van der Waals surface area contributed by atoms with E-state index in [-0.39, 0.29) is 0 Å². The summed E-state index contributed by atoms with van der Waals surface area (Å²) in [6, 6.07) is 7.97. The van der Waals surface area contributed by atoms with Crippen molar-refractivity contribution in [3.8, 4) is 11.5 Å². The van der Waals surface area contributed by atoms with Crippen molar-refractivity contribution in [3.05, 3.63) is 35.2 Å². The van der Waals surface area contributed by atoms with E-state index in [0.717, 1.165) is 22.6 Å². The first-order valence-corrected chi connectivity index (χ1v) is 6.69. The molecule has 0 bridgehead atoms. The van der Waals surface area contributed by atoms with Gasteiger partial charge in [-0.05, 0) is 12.1 Å². The van der Waals surface area contributed by atoms with Crippen LogP contribution in [0.1, 0.15) is 0 Å². The zero-order chi connectivity index (χ0) is 12.1. The highest BCUT2D eigenvalue weighted by molar-refractivity contribution is 7.16. The first-order chi connectivity index (χ1) is 8.35. The Kier molecular flexibility index (Phi) is 4.03. The van der Waals surface area contributed by atoms with Gasteiger partial charge < -0.3 is 9.88 Å². The summed E-state index contributed by atoms with van der Waals surface area (Å²) in [4.78, 5) is 19.0. The minimum Gasteiger partial charge on any atom is -0.348 e. The number of H-pyrrole nitrogens is 1. The average molecular weight is 267 g/mol. The van der Waals surface area contributed by atoms with Gasteiger partial charge in [0.25, 0.3) is 0 Å². The minimum atomic E-state index is -1.50. The first-order valence-electron chi connectivity index (χ1n) is 4.76. The van der Waals surface area contributed by atoms with Crippen molar-refractivity contribution in [2.75, 3.05) is 0 Å². The van der Waals surface area contributed by atoms with E-state index >= 15 is 0 Å². The largest absolute Gasteiger partial charge is 0.348 e. The van der Waals surface area contributed by atoms with Gasteiger partial charge in [-0.15, -0.1) is 11.3 Å². The van der Waals surface area contributed by atoms with E-state index in [4.69, 9.17) is 9.46 Å². The van der Waals surface area contributed by atoms with Crippen molar-refractivity contribution >= 4 is 31.1 Å². The zero-order valence-corrected chi connectivity index (χ0v) is 10.7. The van der Waals surface area contributed by atoms with Crippen LogP contribution in [0.3, 0.4) is 0 Å². The molecular formula is C10H10N3O2PS. The van der Waals surface area contributed by atoms with E-state index < -0.39 is 8.69 Å². The van der Waals surface area contributed by atoms with Crippen LogP contribution in [-0.2, 0) is 4.57 Å². The molecular weight excluding hydrogens is 257 g/mol. The summed E-state index contributed by atoms with van der Waals surface area (Å²) in [5.41, 5.74) is 4.75. The predicted molar refractivity (Wildman–Crippen MR) is 69.8 cm³/mol. The van der Waals surface area contributed by atoms with Crippen molar-refractivity contribution in [1.29, 1.82) is 0 Å². The van der Waals surface area contributed by atoms with Gasteiger partial charge in [0, 0.05) is 5.38 Å². The summed E-state index contributed by atoms with van der Waals surface area (Å²) in [5.74, 6) is 0.840. The Morgan fingerprint density at radius 2 is 2.12 bits per heavy atom. The first kappa shape index (κ1) is 12.0. The van der Waals surface area contributed by atoms with Crippen LogP contribution in [0.15, 0.2) is 35.2 Å². The fourth-order valence-corrected chi connectivity index (χ4v) is 1.94. The third kappa shape index (κ3) is 2.79. The van der Waals surface area contributed by atoms with Crippen LogP contribution in [0.4, 0.5) is 0 Å². The Morgan fingerprint density at radius 1 is 1.35 bits per heavy atom. The number of aromatic amines is 1. The van der Waals surface area contributed by atoms with Crippen LogP contribution in [0.2, 0.25) is 0 Å². The van der Waals surface area contributed by atoms with Crippen LogP contribution < -0.4 is 0 Å². The van der Waals surface area contributed by atoms with Gasteiger partial charge in [0.2, 0.25) is 0 Å². The maximum absolute atomic E-state index is 8.57. The number of thiazole rings is 1. The molecule has 7 heteroatoms. The fourth-order valence-electron chi connectivity index (χ4n) is 1.40. The lowest BCUT2D eigenvalue weighted by atomic mass is 10.3. The smallest absolute Gasteiger partial charge is 0.177 e. The third-order valence-corrected chi connectivity index (χ3v) is 2.65. The lowest BCUT2D eigenvalue weighted by Crippen LogP contribution is -1.77. The van der Waals surface area contributed by atoms with Gasteiger partial charge in [-0.1, -0.05) is 12.1 Å². The lowest BCUT2D eigenvalue weighted by Gasteiger charge is -1.84. The summed E-state index contributed by atoms with van der Waals surface area (Å²) >= 11 is 1.57. The molecule has 5 nitrogen and oxygen atoms in total. The zero-order valence-electron chi connectivity index (χ0n) is 8.70. The van der Waals surface area contributed by atoms with Crippen molar-refractivity contribution in [2.45, 2.75) is 0 Å². The Morgan fingerprint density at radius 3 is 2.76 bits per heavy atom. The molecule has 88 valence electrons. The van der Waals surface area contributed by atoms with Crippen molar-refractivity contribution in [2.24, 2.45) is 0 Å². The van der Waals surface area contributed by atoms with E-state index in [1.165, 1.54) is 0 Å². The second kappa shape index (κ2) is 5.72. The van der Waals surface area contributed by atoms with Crippen molar-refractivity contribution in [1.82, 2.24) is 15.0 Å². The molecule has 0 aliphatic carbocycles. The highest BCUT2D eigenvalue weighted by Crippen LogP contribution is 2.19. The number of imidazole rings is 1. The molecule has 2 N–H and O–H groups in total. The molecule has 0 aliphatic rings. The highest BCUT2D eigenvalue weighted by Gasteiger charge is 2.05. The number of nitrogens with zero attached hydrogens (tertiary/aromatic N) is 2. The number of nitrogens with one attached hydrogen (secondary N) is 1. The SMILES string of the molecule is O=[PH2]O.c1ccc2[nH]c(-c3cscn3)nc2c1. The van der Waals surface area contributed by atoms with Gasteiger partial charge in [-0.25, -0.2) is 9.97 Å². The van der Waals surface area contributed by atoms with Gasteiger partial charge in [0.15, 0.2) is 14.5 Å². The Labute approximate surface area is 102 Å². The van der Waals surface area contributed by atoms with Crippen LogP contribution in [-0.4, -0.2) is 19.8 Å². The lowest BCUT2D eigenvalue weighted by molar-refractivity contribution is 0.524.